The Balaban J connectivity index is 2.98. The van der Waals surface area contributed by atoms with Crippen molar-refractivity contribution in [3.05, 3.63) is 5.56 Å². The lowest BCUT2D eigenvalue weighted by atomic mass is 9.96. The van der Waals surface area contributed by atoms with Crippen LogP contribution in [0.5, 0.6) is 5.88 Å². The summed E-state index contributed by atoms with van der Waals surface area (Å²) in [5.74, 6) is 0.839. The van der Waals surface area contributed by atoms with E-state index in [0.717, 1.165) is 18.4 Å². The molecule has 4 nitrogen and oxygen atoms in total. The highest BCUT2D eigenvalue weighted by molar-refractivity contribution is 5.47. The molecule has 0 unspecified atom stereocenters. The average molecular weight is 169 g/mol. The molecule has 0 saturated heterocycles. The van der Waals surface area contributed by atoms with Gasteiger partial charge >= 0.3 is 0 Å². The van der Waals surface area contributed by atoms with E-state index in [0.29, 0.717) is 11.7 Å². The maximum atomic E-state index is 9.37. The molecule has 0 atom stereocenters. The molecule has 1 rings (SSSR count). The Labute approximate surface area is 71.8 Å². The van der Waals surface area contributed by atoms with Gasteiger partial charge in [0.15, 0.2) is 5.82 Å². The van der Waals surface area contributed by atoms with Gasteiger partial charge < -0.3 is 10.8 Å². The number of nitrogen functional groups attached to an aromatic ring is 1. The third-order valence-corrected chi connectivity index (χ3v) is 2.21. The van der Waals surface area contributed by atoms with Gasteiger partial charge in [0.1, 0.15) is 0 Å². The van der Waals surface area contributed by atoms with Crippen LogP contribution in [-0.4, -0.2) is 15.3 Å². The largest absolute Gasteiger partial charge is 0.493 e. The van der Waals surface area contributed by atoms with Crippen molar-refractivity contribution in [1.29, 1.82) is 0 Å². The van der Waals surface area contributed by atoms with Crippen LogP contribution >= 0.6 is 0 Å². The van der Waals surface area contributed by atoms with Crippen molar-refractivity contribution in [2.45, 2.75) is 32.6 Å². The third-order valence-electron chi connectivity index (χ3n) is 2.21. The van der Waals surface area contributed by atoms with E-state index in [-0.39, 0.29) is 5.88 Å². The van der Waals surface area contributed by atoms with E-state index in [1.165, 1.54) is 0 Å². The fourth-order valence-corrected chi connectivity index (χ4v) is 1.45. The summed E-state index contributed by atoms with van der Waals surface area (Å²) in [7, 11) is 0. The second kappa shape index (κ2) is 3.47. The minimum atomic E-state index is 0.112. The zero-order chi connectivity index (χ0) is 9.14. The number of aromatic hydroxyl groups is 1. The number of hydrogen-bond acceptors (Lipinski definition) is 3. The second-order valence-corrected chi connectivity index (χ2v) is 2.88. The van der Waals surface area contributed by atoms with Crippen LogP contribution in [0.1, 0.15) is 38.2 Å². The predicted molar refractivity (Wildman–Crippen MR) is 48.0 cm³/mol. The Morgan fingerprint density at radius 1 is 1.50 bits per heavy atom. The van der Waals surface area contributed by atoms with Gasteiger partial charge in [-0.05, 0) is 18.8 Å². The van der Waals surface area contributed by atoms with Crippen LogP contribution in [0, 0.1) is 0 Å². The summed E-state index contributed by atoms with van der Waals surface area (Å²) in [5.41, 5.74) is 6.35. The third kappa shape index (κ3) is 1.37. The number of rotatable bonds is 3. The predicted octanol–water partition coefficient (Wildman–Crippen LogP) is 1.60. The molecule has 0 bridgehead atoms. The minimum Gasteiger partial charge on any atom is -0.493 e. The fraction of sp³-hybridized carbons (Fsp3) is 0.625. The van der Waals surface area contributed by atoms with Crippen LogP contribution in [0.4, 0.5) is 5.82 Å². The maximum absolute atomic E-state index is 9.37. The van der Waals surface area contributed by atoms with Crippen LogP contribution < -0.4 is 5.73 Å². The highest BCUT2D eigenvalue weighted by Crippen LogP contribution is 2.32. The molecule has 0 spiro atoms. The molecule has 0 aliphatic carbocycles. The van der Waals surface area contributed by atoms with E-state index in [1.807, 2.05) is 0 Å². The molecular weight excluding hydrogens is 154 g/mol. The van der Waals surface area contributed by atoms with Crippen molar-refractivity contribution in [2.75, 3.05) is 5.73 Å². The van der Waals surface area contributed by atoms with Crippen molar-refractivity contribution in [2.24, 2.45) is 0 Å². The van der Waals surface area contributed by atoms with Gasteiger partial charge in [-0.1, -0.05) is 13.8 Å². The van der Waals surface area contributed by atoms with Gasteiger partial charge in [0, 0.05) is 0 Å². The molecule has 1 aromatic heterocycles. The monoisotopic (exact) mass is 169 g/mol. The highest BCUT2D eigenvalue weighted by Gasteiger charge is 2.17. The first-order chi connectivity index (χ1) is 5.70. The average Bonchev–Trinajstić information content (AvgIpc) is 2.38. The number of nitrogens with one attached hydrogen (secondary N) is 1. The minimum absolute atomic E-state index is 0.112. The lowest BCUT2D eigenvalue weighted by molar-refractivity contribution is 0.437. The quantitative estimate of drug-likeness (QED) is 0.643. The van der Waals surface area contributed by atoms with Gasteiger partial charge in [0.25, 0.3) is 0 Å². The van der Waals surface area contributed by atoms with Crippen LogP contribution in [0.25, 0.3) is 0 Å². The summed E-state index contributed by atoms with van der Waals surface area (Å²) in [4.78, 5) is 0. The zero-order valence-electron chi connectivity index (χ0n) is 7.46. The molecule has 0 radical (unpaired) electrons. The summed E-state index contributed by atoms with van der Waals surface area (Å²) < 4.78 is 0. The van der Waals surface area contributed by atoms with E-state index in [1.54, 1.807) is 0 Å². The Morgan fingerprint density at radius 2 is 2.08 bits per heavy atom. The van der Waals surface area contributed by atoms with E-state index in [2.05, 4.69) is 24.0 Å². The molecule has 12 heavy (non-hydrogen) atoms. The molecular formula is C8H15N3O. The van der Waals surface area contributed by atoms with Gasteiger partial charge in [-0.25, -0.2) is 5.10 Å². The molecule has 68 valence electrons. The normalized spacial score (nSPS) is 10.9. The van der Waals surface area contributed by atoms with Crippen molar-refractivity contribution in [3.8, 4) is 5.88 Å². The first-order valence-electron chi connectivity index (χ1n) is 4.23. The topological polar surface area (TPSA) is 74.9 Å². The van der Waals surface area contributed by atoms with E-state index in [9.17, 15) is 5.11 Å². The number of H-pyrrole nitrogens is 1. The Hall–Kier alpha value is -1.19. The maximum Gasteiger partial charge on any atom is 0.212 e. The summed E-state index contributed by atoms with van der Waals surface area (Å²) in [6.45, 7) is 4.14. The number of nitrogens with zero attached hydrogens (tertiary/aromatic N) is 1. The van der Waals surface area contributed by atoms with Gasteiger partial charge in [0.2, 0.25) is 5.88 Å². The number of hydrogen-bond donors (Lipinski definition) is 3. The first kappa shape index (κ1) is 8.90. The second-order valence-electron chi connectivity index (χ2n) is 2.88. The summed E-state index contributed by atoms with van der Waals surface area (Å²) in [6, 6.07) is 0. The van der Waals surface area contributed by atoms with Crippen molar-refractivity contribution >= 4 is 5.82 Å². The van der Waals surface area contributed by atoms with Crippen molar-refractivity contribution < 1.29 is 5.11 Å². The molecule has 0 aliphatic rings. The van der Waals surface area contributed by atoms with Gasteiger partial charge in [-0.15, -0.1) is 0 Å². The smallest absolute Gasteiger partial charge is 0.212 e. The fourth-order valence-electron chi connectivity index (χ4n) is 1.45. The first-order valence-corrected chi connectivity index (χ1v) is 4.23. The molecule has 0 aromatic carbocycles. The Morgan fingerprint density at radius 3 is 2.42 bits per heavy atom. The van der Waals surface area contributed by atoms with Crippen LogP contribution in [0.3, 0.4) is 0 Å². The zero-order valence-corrected chi connectivity index (χ0v) is 7.46. The molecule has 0 saturated carbocycles. The summed E-state index contributed by atoms with van der Waals surface area (Å²) >= 11 is 0. The van der Waals surface area contributed by atoms with Crippen molar-refractivity contribution in [1.82, 2.24) is 10.2 Å². The summed E-state index contributed by atoms with van der Waals surface area (Å²) in [5, 5.41) is 15.6. The Bertz CT molecular complexity index is 233. The highest BCUT2D eigenvalue weighted by atomic mass is 16.3. The summed E-state index contributed by atoms with van der Waals surface area (Å²) in [6.07, 6.45) is 1.93. The van der Waals surface area contributed by atoms with E-state index < -0.39 is 0 Å². The van der Waals surface area contributed by atoms with Crippen LogP contribution in [0.15, 0.2) is 0 Å². The van der Waals surface area contributed by atoms with Gasteiger partial charge in [-0.3, -0.25) is 0 Å². The number of nitrogens with two attached hydrogens (primary N) is 1. The van der Waals surface area contributed by atoms with E-state index in [4.69, 9.17) is 5.73 Å². The SMILES string of the molecule is CCC(CC)c1c(N)n[nH]c1O. The lowest BCUT2D eigenvalue weighted by Gasteiger charge is -2.10. The molecule has 1 heterocycles. The molecule has 4 N–H and O–H groups in total. The van der Waals surface area contributed by atoms with Gasteiger partial charge in [0.05, 0.1) is 5.56 Å². The van der Waals surface area contributed by atoms with E-state index >= 15 is 0 Å². The Kier molecular flexibility index (Phi) is 2.58. The van der Waals surface area contributed by atoms with Crippen molar-refractivity contribution in [3.63, 3.8) is 0 Å². The van der Waals surface area contributed by atoms with Gasteiger partial charge in [-0.2, -0.15) is 5.10 Å². The molecule has 0 amide bonds. The number of anilines is 1. The lowest BCUT2D eigenvalue weighted by Crippen LogP contribution is -1.98. The number of aromatic amines is 1. The molecule has 1 aromatic rings. The van der Waals surface area contributed by atoms with Crippen LogP contribution in [-0.2, 0) is 0 Å². The molecule has 0 aliphatic heterocycles. The molecule has 4 heteroatoms. The standard InChI is InChI=1S/C8H15N3O/c1-3-5(4-2)6-7(9)10-11-8(6)12/h5H,3-4H2,1-2H3,(H4,9,10,11,12). The molecule has 0 fully saturated rings. The number of aromatic nitrogens is 2. The van der Waals surface area contributed by atoms with Crippen LogP contribution in [0.2, 0.25) is 0 Å².